The van der Waals surface area contributed by atoms with Crippen molar-refractivity contribution in [2.45, 2.75) is 52.2 Å². The van der Waals surface area contributed by atoms with E-state index in [0.29, 0.717) is 24.6 Å². The second-order valence-electron chi connectivity index (χ2n) is 6.36. The molecule has 0 radical (unpaired) electrons. The first-order valence-corrected chi connectivity index (χ1v) is 8.78. The van der Waals surface area contributed by atoms with Gasteiger partial charge in [-0.15, -0.1) is 34.2 Å². The Morgan fingerprint density at radius 1 is 1.19 bits per heavy atom. The van der Waals surface area contributed by atoms with E-state index in [9.17, 15) is 4.39 Å². The summed E-state index contributed by atoms with van der Waals surface area (Å²) in [6.07, 6.45) is 4.59. The van der Waals surface area contributed by atoms with Crippen molar-refractivity contribution in [2.24, 2.45) is 4.99 Å². The zero-order valence-corrected chi connectivity index (χ0v) is 17.6. The fourth-order valence-electron chi connectivity index (χ4n) is 2.99. The van der Waals surface area contributed by atoms with E-state index in [0.717, 1.165) is 30.2 Å². The summed E-state index contributed by atoms with van der Waals surface area (Å²) in [5, 5.41) is 15.1. The SMILES string of the molecule is CN=C(NCc1ccc(C)c(F)c1)NCc1nnc2n1CCCCC2.I. The molecule has 6 nitrogen and oxygen atoms in total. The van der Waals surface area contributed by atoms with Crippen LogP contribution in [-0.4, -0.2) is 27.8 Å². The Hall–Kier alpha value is -1.71. The quantitative estimate of drug-likeness (QED) is 0.408. The maximum atomic E-state index is 13.6. The normalized spacial score (nSPS) is 14.2. The van der Waals surface area contributed by atoms with Crippen LogP contribution in [0.3, 0.4) is 0 Å². The standard InChI is InChI=1S/C18H25FN6.HI/c1-13-7-8-14(10-15(13)19)11-21-18(20-2)22-12-17-24-23-16-6-4-3-5-9-25(16)17;/h7-8,10H,3-6,9,11-12H2,1-2H3,(H2,20,21,22);1H. The van der Waals surface area contributed by atoms with Gasteiger partial charge in [0.25, 0.3) is 0 Å². The van der Waals surface area contributed by atoms with Gasteiger partial charge in [0.15, 0.2) is 11.8 Å². The van der Waals surface area contributed by atoms with Crippen molar-refractivity contribution < 1.29 is 4.39 Å². The highest BCUT2D eigenvalue weighted by Crippen LogP contribution is 2.14. The predicted molar refractivity (Wildman–Crippen MR) is 111 cm³/mol. The molecule has 2 aromatic rings. The first-order valence-electron chi connectivity index (χ1n) is 8.78. The van der Waals surface area contributed by atoms with Crippen molar-refractivity contribution in [3.05, 3.63) is 46.8 Å². The molecule has 0 fully saturated rings. The minimum Gasteiger partial charge on any atom is -0.352 e. The van der Waals surface area contributed by atoms with Gasteiger partial charge in [-0.2, -0.15) is 0 Å². The summed E-state index contributed by atoms with van der Waals surface area (Å²) in [7, 11) is 1.72. The highest BCUT2D eigenvalue weighted by atomic mass is 127. The van der Waals surface area contributed by atoms with Crippen molar-refractivity contribution in [3.63, 3.8) is 0 Å². The summed E-state index contributed by atoms with van der Waals surface area (Å²) in [5.74, 6) is 2.48. The van der Waals surface area contributed by atoms with Crippen LogP contribution in [0.2, 0.25) is 0 Å². The third kappa shape index (κ3) is 5.15. The molecular formula is C18H26FIN6. The van der Waals surface area contributed by atoms with E-state index in [1.807, 2.05) is 6.07 Å². The number of halogens is 2. The third-order valence-electron chi connectivity index (χ3n) is 4.52. The van der Waals surface area contributed by atoms with Crippen LogP contribution >= 0.6 is 24.0 Å². The Morgan fingerprint density at radius 3 is 2.77 bits per heavy atom. The number of nitrogens with zero attached hydrogens (tertiary/aromatic N) is 4. The van der Waals surface area contributed by atoms with Crippen molar-refractivity contribution >= 4 is 29.9 Å². The Labute approximate surface area is 170 Å². The Morgan fingerprint density at radius 2 is 2.00 bits per heavy atom. The largest absolute Gasteiger partial charge is 0.352 e. The predicted octanol–water partition coefficient (Wildman–Crippen LogP) is 2.94. The molecule has 2 N–H and O–H groups in total. The van der Waals surface area contributed by atoms with Crippen LogP contribution < -0.4 is 10.6 Å². The van der Waals surface area contributed by atoms with Crippen LogP contribution in [0.4, 0.5) is 4.39 Å². The Bertz CT molecular complexity index is 758. The molecule has 1 aromatic carbocycles. The Kier molecular flexibility index (Phi) is 7.80. The molecular weight excluding hydrogens is 446 g/mol. The minimum atomic E-state index is -0.187. The van der Waals surface area contributed by atoms with Gasteiger partial charge >= 0.3 is 0 Å². The van der Waals surface area contributed by atoms with E-state index in [-0.39, 0.29) is 29.8 Å². The molecule has 1 aliphatic heterocycles. The van der Waals surface area contributed by atoms with E-state index < -0.39 is 0 Å². The van der Waals surface area contributed by atoms with E-state index in [1.54, 1.807) is 26.1 Å². The van der Waals surface area contributed by atoms with Crippen LogP contribution in [0.1, 0.15) is 42.0 Å². The Balaban J connectivity index is 0.00000243. The molecule has 1 aromatic heterocycles. The fourth-order valence-corrected chi connectivity index (χ4v) is 2.99. The summed E-state index contributed by atoms with van der Waals surface area (Å²) < 4.78 is 15.8. The average molecular weight is 472 g/mol. The highest BCUT2D eigenvalue weighted by molar-refractivity contribution is 14.0. The number of benzene rings is 1. The van der Waals surface area contributed by atoms with Gasteiger partial charge in [0.2, 0.25) is 0 Å². The lowest BCUT2D eigenvalue weighted by atomic mass is 10.1. The molecule has 26 heavy (non-hydrogen) atoms. The smallest absolute Gasteiger partial charge is 0.191 e. The number of guanidine groups is 1. The molecule has 0 atom stereocenters. The number of fused-ring (bicyclic) bond motifs is 1. The highest BCUT2D eigenvalue weighted by Gasteiger charge is 2.14. The van der Waals surface area contributed by atoms with Crippen LogP contribution in [-0.2, 0) is 26.1 Å². The minimum absolute atomic E-state index is 0. The number of hydrogen-bond donors (Lipinski definition) is 2. The summed E-state index contributed by atoms with van der Waals surface area (Å²) in [4.78, 5) is 4.22. The average Bonchev–Trinajstić information content (AvgIpc) is 2.85. The molecule has 3 rings (SSSR count). The first-order chi connectivity index (χ1) is 12.2. The van der Waals surface area contributed by atoms with Crippen molar-refractivity contribution in [1.82, 2.24) is 25.4 Å². The van der Waals surface area contributed by atoms with E-state index >= 15 is 0 Å². The molecule has 0 spiro atoms. The number of nitrogens with one attached hydrogen (secondary N) is 2. The van der Waals surface area contributed by atoms with Gasteiger partial charge in [0.05, 0.1) is 6.54 Å². The molecule has 0 saturated heterocycles. The molecule has 0 saturated carbocycles. The van der Waals surface area contributed by atoms with Gasteiger partial charge in [-0.3, -0.25) is 4.99 Å². The number of aryl methyl sites for hydroxylation is 2. The van der Waals surface area contributed by atoms with Crippen LogP contribution in [0.15, 0.2) is 23.2 Å². The van der Waals surface area contributed by atoms with Crippen LogP contribution in [0.25, 0.3) is 0 Å². The van der Waals surface area contributed by atoms with Gasteiger partial charge in [0.1, 0.15) is 11.6 Å². The number of aliphatic imine (C=N–C) groups is 1. The monoisotopic (exact) mass is 472 g/mol. The molecule has 2 heterocycles. The van der Waals surface area contributed by atoms with Gasteiger partial charge in [-0.05, 0) is 37.0 Å². The number of rotatable bonds is 4. The second kappa shape index (κ2) is 9.84. The molecule has 0 aliphatic carbocycles. The summed E-state index contributed by atoms with van der Waals surface area (Å²) in [6.45, 7) is 3.81. The second-order valence-corrected chi connectivity index (χ2v) is 6.36. The van der Waals surface area contributed by atoms with Crippen molar-refractivity contribution in [1.29, 1.82) is 0 Å². The molecule has 8 heteroatoms. The molecule has 1 aliphatic rings. The molecule has 0 bridgehead atoms. The number of aromatic nitrogens is 3. The van der Waals surface area contributed by atoms with Gasteiger partial charge in [-0.25, -0.2) is 4.39 Å². The first kappa shape index (κ1) is 20.6. The summed E-state index contributed by atoms with van der Waals surface area (Å²) in [5.41, 5.74) is 1.53. The van der Waals surface area contributed by atoms with Crippen molar-refractivity contribution in [3.8, 4) is 0 Å². The summed E-state index contributed by atoms with van der Waals surface area (Å²) >= 11 is 0. The molecule has 0 unspecified atom stereocenters. The van der Waals surface area contributed by atoms with E-state index in [4.69, 9.17) is 0 Å². The van der Waals surface area contributed by atoms with Crippen LogP contribution in [0, 0.1) is 12.7 Å². The van der Waals surface area contributed by atoms with Crippen LogP contribution in [0.5, 0.6) is 0 Å². The van der Waals surface area contributed by atoms with Crippen molar-refractivity contribution in [2.75, 3.05) is 7.05 Å². The maximum Gasteiger partial charge on any atom is 0.191 e. The van der Waals surface area contributed by atoms with Gasteiger partial charge < -0.3 is 15.2 Å². The van der Waals surface area contributed by atoms with Gasteiger partial charge in [0, 0.05) is 26.6 Å². The fraction of sp³-hybridized carbons (Fsp3) is 0.500. The lowest BCUT2D eigenvalue weighted by Crippen LogP contribution is -2.37. The topological polar surface area (TPSA) is 67.1 Å². The lowest BCUT2D eigenvalue weighted by Gasteiger charge is -2.13. The summed E-state index contributed by atoms with van der Waals surface area (Å²) in [6, 6.07) is 5.25. The van der Waals surface area contributed by atoms with E-state index in [2.05, 4.69) is 30.4 Å². The van der Waals surface area contributed by atoms with E-state index in [1.165, 1.54) is 19.3 Å². The number of hydrogen-bond acceptors (Lipinski definition) is 3. The maximum absolute atomic E-state index is 13.6. The molecule has 142 valence electrons. The zero-order valence-electron chi connectivity index (χ0n) is 15.3. The lowest BCUT2D eigenvalue weighted by molar-refractivity contribution is 0.596. The third-order valence-corrected chi connectivity index (χ3v) is 4.52. The molecule has 0 amide bonds. The zero-order chi connectivity index (χ0) is 17.6. The van der Waals surface area contributed by atoms with Gasteiger partial charge in [-0.1, -0.05) is 18.6 Å².